The lowest BCUT2D eigenvalue weighted by Gasteiger charge is -2.37. The summed E-state index contributed by atoms with van der Waals surface area (Å²) in [6, 6.07) is 9.82. The van der Waals surface area contributed by atoms with E-state index in [1.165, 1.54) is 33.5 Å². The normalized spacial score (nSPS) is 20.0. The lowest BCUT2D eigenvalue weighted by atomic mass is 10.0. The van der Waals surface area contributed by atoms with Gasteiger partial charge in [-0.1, -0.05) is 44.7 Å². The van der Waals surface area contributed by atoms with Gasteiger partial charge < -0.3 is 14.7 Å². The zero-order chi connectivity index (χ0) is 27.3. The van der Waals surface area contributed by atoms with Gasteiger partial charge in [0.25, 0.3) is 5.91 Å². The quantitative estimate of drug-likeness (QED) is 0.575. The molecule has 0 fully saturated rings. The van der Waals surface area contributed by atoms with Crippen molar-refractivity contribution >= 4 is 15.9 Å². The molecule has 0 radical (unpaired) electrons. The molecule has 0 aromatic heterocycles. The van der Waals surface area contributed by atoms with Crippen molar-refractivity contribution < 1.29 is 27.4 Å². The van der Waals surface area contributed by atoms with Gasteiger partial charge in [-0.2, -0.15) is 4.31 Å². The van der Waals surface area contributed by atoms with Crippen molar-refractivity contribution in [2.24, 2.45) is 11.8 Å². The van der Waals surface area contributed by atoms with Gasteiger partial charge in [0.2, 0.25) is 10.0 Å². The minimum absolute atomic E-state index is 0.0257. The van der Waals surface area contributed by atoms with Gasteiger partial charge in [0.05, 0.1) is 18.7 Å². The van der Waals surface area contributed by atoms with Crippen LogP contribution in [0.4, 0.5) is 4.39 Å². The van der Waals surface area contributed by atoms with Gasteiger partial charge >= 0.3 is 0 Å². The van der Waals surface area contributed by atoms with Crippen molar-refractivity contribution in [2.45, 2.75) is 51.2 Å². The van der Waals surface area contributed by atoms with Crippen LogP contribution >= 0.6 is 0 Å². The zero-order valence-corrected chi connectivity index (χ0v) is 22.8. The average Bonchev–Trinajstić information content (AvgIpc) is 2.85. The van der Waals surface area contributed by atoms with Crippen molar-refractivity contribution in [1.82, 2.24) is 9.21 Å². The predicted molar refractivity (Wildman–Crippen MR) is 140 cm³/mol. The fourth-order valence-corrected chi connectivity index (χ4v) is 5.90. The Morgan fingerprint density at radius 1 is 1.24 bits per heavy atom. The van der Waals surface area contributed by atoms with E-state index >= 15 is 0 Å². The largest absolute Gasteiger partial charge is 0.487 e. The van der Waals surface area contributed by atoms with Crippen molar-refractivity contribution in [3.63, 3.8) is 0 Å². The van der Waals surface area contributed by atoms with Crippen molar-refractivity contribution in [3.8, 4) is 17.6 Å². The Kier molecular flexibility index (Phi) is 9.35. The van der Waals surface area contributed by atoms with E-state index in [-0.39, 0.29) is 41.8 Å². The van der Waals surface area contributed by atoms with Crippen LogP contribution in [-0.4, -0.2) is 67.5 Å². The molecule has 7 nitrogen and oxygen atoms in total. The molecule has 1 aliphatic heterocycles. The molecule has 200 valence electrons. The SMILES string of the molecule is CC(C)CC#Cc1ccc2c(c1)O[C@@H](CN(C)C(=O)c1ccccc1F)[C@H](C)CN([C@@H](C)CO)S2(=O)=O. The third-order valence-corrected chi connectivity index (χ3v) is 8.33. The van der Waals surface area contributed by atoms with Crippen LogP contribution in [0.2, 0.25) is 0 Å². The van der Waals surface area contributed by atoms with Crippen molar-refractivity contribution in [3.05, 3.63) is 59.4 Å². The number of nitrogens with zero attached hydrogens (tertiary/aromatic N) is 2. The molecule has 1 heterocycles. The first-order valence-corrected chi connectivity index (χ1v) is 13.8. The minimum atomic E-state index is -3.98. The number of carbonyl (C=O) groups excluding carboxylic acids is 1. The summed E-state index contributed by atoms with van der Waals surface area (Å²) in [4.78, 5) is 14.3. The van der Waals surface area contributed by atoms with Gasteiger partial charge in [-0.15, -0.1) is 0 Å². The number of carbonyl (C=O) groups is 1. The molecule has 2 aromatic carbocycles. The van der Waals surface area contributed by atoms with E-state index in [1.807, 2.05) is 6.92 Å². The van der Waals surface area contributed by atoms with Crippen LogP contribution in [0, 0.1) is 29.5 Å². The van der Waals surface area contributed by atoms with Crippen LogP contribution in [-0.2, 0) is 10.0 Å². The second kappa shape index (κ2) is 12.1. The molecule has 0 bridgehead atoms. The van der Waals surface area contributed by atoms with Crippen LogP contribution in [0.25, 0.3) is 0 Å². The average molecular weight is 531 g/mol. The highest BCUT2D eigenvalue weighted by molar-refractivity contribution is 7.89. The number of likely N-dealkylation sites (N-methyl/N-ethyl adjacent to an activating group) is 1. The molecule has 0 spiro atoms. The van der Waals surface area contributed by atoms with Crippen molar-refractivity contribution in [1.29, 1.82) is 0 Å². The maximum Gasteiger partial charge on any atom is 0.256 e. The Labute approximate surface area is 219 Å². The summed E-state index contributed by atoms with van der Waals surface area (Å²) < 4.78 is 49.0. The smallest absolute Gasteiger partial charge is 0.256 e. The van der Waals surface area contributed by atoms with Gasteiger partial charge in [-0.05, 0) is 43.2 Å². The number of sulfonamides is 1. The molecular weight excluding hydrogens is 495 g/mol. The minimum Gasteiger partial charge on any atom is -0.487 e. The fraction of sp³-hybridized carbons (Fsp3) is 0.464. The maximum absolute atomic E-state index is 14.2. The Morgan fingerprint density at radius 3 is 2.59 bits per heavy atom. The lowest BCUT2D eigenvalue weighted by molar-refractivity contribution is 0.0560. The number of rotatable bonds is 6. The van der Waals surface area contributed by atoms with Crippen LogP contribution < -0.4 is 4.74 Å². The highest BCUT2D eigenvalue weighted by Gasteiger charge is 2.38. The summed E-state index contributed by atoms with van der Waals surface area (Å²) >= 11 is 0. The molecule has 1 N–H and O–H groups in total. The molecule has 3 rings (SSSR count). The van der Waals surface area contributed by atoms with Crippen LogP contribution in [0.5, 0.6) is 5.75 Å². The van der Waals surface area contributed by atoms with Gasteiger partial charge in [0.15, 0.2) is 0 Å². The van der Waals surface area contributed by atoms with E-state index in [9.17, 15) is 22.7 Å². The van der Waals surface area contributed by atoms with Gasteiger partial charge in [0.1, 0.15) is 22.6 Å². The molecular formula is C28H35FN2O5S. The van der Waals surface area contributed by atoms with Crippen LogP contribution in [0.1, 0.15) is 50.0 Å². The Balaban J connectivity index is 2.01. The number of fused-ring (bicyclic) bond motifs is 1. The molecule has 9 heteroatoms. The summed E-state index contributed by atoms with van der Waals surface area (Å²) in [6.07, 6.45) is 0.0860. The fourth-order valence-electron chi connectivity index (χ4n) is 4.07. The van der Waals surface area contributed by atoms with E-state index in [4.69, 9.17) is 4.74 Å². The van der Waals surface area contributed by atoms with E-state index in [0.717, 1.165) is 0 Å². The third-order valence-electron chi connectivity index (χ3n) is 6.31. The monoisotopic (exact) mass is 530 g/mol. The first-order valence-electron chi connectivity index (χ1n) is 12.4. The first kappa shape index (κ1) is 28.6. The van der Waals surface area contributed by atoms with E-state index in [2.05, 4.69) is 25.7 Å². The summed E-state index contributed by atoms with van der Waals surface area (Å²) in [5.74, 6) is 5.22. The van der Waals surface area contributed by atoms with E-state index in [1.54, 1.807) is 32.2 Å². The standard InChI is InChI=1S/C28H35FN2O5S/c1-19(2)9-8-10-22-13-14-27-25(15-22)36-26(20(3)16-31(21(4)18-32)37(27,34)35)17-30(5)28(33)23-11-6-7-12-24(23)29/h6-7,11-15,19-21,26,32H,9,16-18H2,1-5H3/t20-,21+,26+/m1/s1. The maximum atomic E-state index is 14.2. The molecule has 0 saturated carbocycles. The Morgan fingerprint density at radius 2 is 1.95 bits per heavy atom. The molecule has 0 aliphatic carbocycles. The highest BCUT2D eigenvalue weighted by atomic mass is 32.2. The number of amides is 1. The lowest BCUT2D eigenvalue weighted by Crippen LogP contribution is -2.50. The molecule has 0 unspecified atom stereocenters. The molecule has 37 heavy (non-hydrogen) atoms. The summed E-state index contributed by atoms with van der Waals surface area (Å²) in [7, 11) is -2.43. The number of aliphatic hydroxyl groups is 1. The highest BCUT2D eigenvalue weighted by Crippen LogP contribution is 2.34. The number of ether oxygens (including phenoxy) is 1. The van der Waals surface area contributed by atoms with Crippen LogP contribution in [0.15, 0.2) is 47.4 Å². The second-order valence-corrected chi connectivity index (χ2v) is 11.8. The molecule has 2 aromatic rings. The third kappa shape index (κ3) is 6.69. The number of benzene rings is 2. The number of hydrogen-bond donors (Lipinski definition) is 1. The van der Waals surface area contributed by atoms with Gasteiger partial charge in [-0.3, -0.25) is 4.79 Å². The number of aliphatic hydroxyl groups excluding tert-OH is 1. The summed E-state index contributed by atoms with van der Waals surface area (Å²) in [5.41, 5.74) is 0.559. The zero-order valence-electron chi connectivity index (χ0n) is 21.9. The summed E-state index contributed by atoms with van der Waals surface area (Å²) in [6.45, 7) is 7.41. The summed E-state index contributed by atoms with van der Waals surface area (Å²) in [5, 5.41) is 9.79. The predicted octanol–water partition coefficient (Wildman–Crippen LogP) is 3.76. The second-order valence-electron chi connectivity index (χ2n) is 9.97. The molecule has 1 aliphatic rings. The Hall–Kier alpha value is -2.93. The van der Waals surface area contributed by atoms with Crippen molar-refractivity contribution in [2.75, 3.05) is 26.7 Å². The van der Waals surface area contributed by atoms with Gasteiger partial charge in [0, 0.05) is 37.5 Å². The topological polar surface area (TPSA) is 87.2 Å². The van der Waals surface area contributed by atoms with E-state index in [0.29, 0.717) is 17.9 Å². The number of hydrogen-bond acceptors (Lipinski definition) is 5. The van der Waals surface area contributed by atoms with E-state index < -0.39 is 33.9 Å². The van der Waals surface area contributed by atoms with Gasteiger partial charge in [-0.25, -0.2) is 12.8 Å². The molecule has 1 amide bonds. The molecule has 3 atom stereocenters. The first-order chi connectivity index (χ1) is 17.4. The van der Waals surface area contributed by atoms with Crippen LogP contribution in [0.3, 0.4) is 0 Å². The Bertz CT molecular complexity index is 1280. The number of halogens is 1. The molecule has 0 saturated heterocycles.